The standard InChI is InChI=1S/C13H28O3S/c1-3-5-6-7-8-10-13(9-4-2)11-12-16-17(14)15/h13H,3-12H2,1-2H3,(H,14,15)/p-1. The lowest BCUT2D eigenvalue weighted by Crippen LogP contribution is -2.07. The van der Waals surface area contributed by atoms with Crippen molar-refractivity contribution in [3.8, 4) is 0 Å². The zero-order valence-electron chi connectivity index (χ0n) is 11.3. The van der Waals surface area contributed by atoms with Crippen molar-refractivity contribution in [3.63, 3.8) is 0 Å². The van der Waals surface area contributed by atoms with E-state index < -0.39 is 11.4 Å². The molecule has 0 saturated heterocycles. The summed E-state index contributed by atoms with van der Waals surface area (Å²) in [7, 11) is 0. The van der Waals surface area contributed by atoms with Crippen molar-refractivity contribution in [2.45, 2.75) is 71.6 Å². The van der Waals surface area contributed by atoms with E-state index in [4.69, 9.17) is 0 Å². The van der Waals surface area contributed by atoms with E-state index in [1.54, 1.807) is 0 Å². The number of rotatable bonds is 12. The van der Waals surface area contributed by atoms with Gasteiger partial charge in [-0.2, -0.15) is 0 Å². The van der Waals surface area contributed by atoms with E-state index in [2.05, 4.69) is 18.0 Å². The molecule has 2 atom stereocenters. The molecule has 0 aliphatic heterocycles. The van der Waals surface area contributed by atoms with Gasteiger partial charge in [0.15, 0.2) is 0 Å². The Balaban J connectivity index is 3.55. The molecule has 0 radical (unpaired) electrons. The smallest absolute Gasteiger partial charge is 0.0842 e. The maximum absolute atomic E-state index is 10.2. The van der Waals surface area contributed by atoms with Gasteiger partial charge < -0.3 is 8.74 Å². The molecule has 0 bridgehead atoms. The van der Waals surface area contributed by atoms with Crippen LogP contribution in [0.15, 0.2) is 0 Å². The Labute approximate surface area is 109 Å². The predicted octanol–water partition coefficient (Wildman–Crippen LogP) is 3.96. The molecule has 0 amide bonds. The second-order valence-corrected chi connectivity index (χ2v) is 5.32. The maximum atomic E-state index is 10.2. The molecule has 104 valence electrons. The molecule has 2 unspecified atom stereocenters. The first kappa shape index (κ1) is 17.1. The first-order valence-electron chi connectivity index (χ1n) is 6.93. The number of unbranched alkanes of at least 4 members (excludes halogenated alkanes) is 4. The van der Waals surface area contributed by atoms with Crippen LogP contribution in [0, 0.1) is 5.92 Å². The summed E-state index contributed by atoms with van der Waals surface area (Å²) >= 11 is -2.35. The molecule has 0 aromatic rings. The van der Waals surface area contributed by atoms with Gasteiger partial charge >= 0.3 is 0 Å². The van der Waals surface area contributed by atoms with Crippen LogP contribution in [0.2, 0.25) is 0 Å². The van der Waals surface area contributed by atoms with E-state index in [1.807, 2.05) is 0 Å². The average Bonchev–Trinajstić information content (AvgIpc) is 2.28. The van der Waals surface area contributed by atoms with Gasteiger partial charge in [-0.25, -0.2) is 4.21 Å². The third kappa shape index (κ3) is 12.3. The highest BCUT2D eigenvalue weighted by molar-refractivity contribution is 7.74. The normalized spacial score (nSPS) is 14.8. The molecule has 0 saturated carbocycles. The molecule has 0 fully saturated rings. The van der Waals surface area contributed by atoms with Crippen molar-refractivity contribution in [1.29, 1.82) is 0 Å². The molecule has 17 heavy (non-hydrogen) atoms. The van der Waals surface area contributed by atoms with Crippen LogP contribution >= 0.6 is 0 Å². The van der Waals surface area contributed by atoms with Crippen LogP contribution in [-0.4, -0.2) is 15.4 Å². The van der Waals surface area contributed by atoms with Crippen LogP contribution < -0.4 is 0 Å². The Morgan fingerprint density at radius 1 is 1.00 bits per heavy atom. The largest absolute Gasteiger partial charge is 0.750 e. The third-order valence-corrected chi connectivity index (χ3v) is 3.48. The lowest BCUT2D eigenvalue weighted by molar-refractivity contribution is 0.256. The maximum Gasteiger partial charge on any atom is 0.0842 e. The minimum absolute atomic E-state index is 0.343. The molecule has 3 nitrogen and oxygen atoms in total. The minimum atomic E-state index is -2.35. The fourth-order valence-electron chi connectivity index (χ4n) is 2.16. The number of hydrogen-bond donors (Lipinski definition) is 0. The van der Waals surface area contributed by atoms with Crippen LogP contribution in [-0.2, 0) is 15.5 Å². The van der Waals surface area contributed by atoms with Crippen molar-refractivity contribution in [3.05, 3.63) is 0 Å². The van der Waals surface area contributed by atoms with Crippen LogP contribution in [0.1, 0.15) is 71.6 Å². The molecule has 0 rings (SSSR count). The van der Waals surface area contributed by atoms with Gasteiger partial charge in [0.1, 0.15) is 0 Å². The zero-order valence-corrected chi connectivity index (χ0v) is 12.1. The molecule has 4 heteroatoms. The van der Waals surface area contributed by atoms with Crippen molar-refractivity contribution >= 4 is 11.4 Å². The monoisotopic (exact) mass is 263 g/mol. The van der Waals surface area contributed by atoms with Crippen LogP contribution in [0.4, 0.5) is 0 Å². The van der Waals surface area contributed by atoms with E-state index in [1.165, 1.54) is 51.4 Å². The molecule has 0 aromatic heterocycles. The van der Waals surface area contributed by atoms with Crippen molar-refractivity contribution < 1.29 is 12.9 Å². The fraction of sp³-hybridized carbons (Fsp3) is 1.00. The van der Waals surface area contributed by atoms with Crippen LogP contribution in [0.3, 0.4) is 0 Å². The molecule has 0 aromatic carbocycles. The Morgan fingerprint density at radius 3 is 2.29 bits per heavy atom. The molecule has 0 N–H and O–H groups in total. The van der Waals surface area contributed by atoms with Gasteiger partial charge in [-0.3, -0.25) is 0 Å². The lowest BCUT2D eigenvalue weighted by atomic mass is 9.93. The van der Waals surface area contributed by atoms with Gasteiger partial charge in [0.25, 0.3) is 0 Å². The summed E-state index contributed by atoms with van der Waals surface area (Å²) < 4.78 is 25.1. The second kappa shape index (κ2) is 12.5. The molecule has 0 aliphatic rings. The van der Waals surface area contributed by atoms with Gasteiger partial charge in [0, 0.05) is 0 Å². The van der Waals surface area contributed by atoms with Gasteiger partial charge in [0.2, 0.25) is 0 Å². The van der Waals surface area contributed by atoms with E-state index >= 15 is 0 Å². The summed E-state index contributed by atoms with van der Waals surface area (Å²) in [6, 6.07) is 0. The van der Waals surface area contributed by atoms with Crippen molar-refractivity contribution in [2.75, 3.05) is 6.61 Å². The first-order chi connectivity index (χ1) is 8.20. The first-order valence-corrected chi connectivity index (χ1v) is 7.93. The Bertz CT molecular complexity index is 186. The Morgan fingerprint density at radius 2 is 1.71 bits per heavy atom. The topological polar surface area (TPSA) is 49.4 Å². The minimum Gasteiger partial charge on any atom is -0.750 e. The summed E-state index contributed by atoms with van der Waals surface area (Å²) in [5, 5.41) is 0. The highest BCUT2D eigenvalue weighted by Gasteiger charge is 2.07. The van der Waals surface area contributed by atoms with E-state index in [0.29, 0.717) is 12.5 Å². The summed E-state index contributed by atoms with van der Waals surface area (Å²) in [6.07, 6.45) is 11.0. The highest BCUT2D eigenvalue weighted by Crippen LogP contribution is 2.20. The molecule has 0 heterocycles. The lowest BCUT2D eigenvalue weighted by Gasteiger charge is -2.16. The van der Waals surface area contributed by atoms with Gasteiger partial charge in [-0.1, -0.05) is 65.2 Å². The van der Waals surface area contributed by atoms with E-state index in [-0.39, 0.29) is 0 Å². The summed E-state index contributed by atoms with van der Waals surface area (Å²) in [4.78, 5) is 0. The van der Waals surface area contributed by atoms with Crippen LogP contribution in [0.25, 0.3) is 0 Å². The molecule has 0 spiro atoms. The third-order valence-electron chi connectivity index (χ3n) is 3.12. The summed E-state index contributed by atoms with van der Waals surface area (Å²) in [6.45, 7) is 4.74. The molecular weight excluding hydrogens is 236 g/mol. The second-order valence-electron chi connectivity index (χ2n) is 4.67. The average molecular weight is 263 g/mol. The predicted molar refractivity (Wildman–Crippen MR) is 71.3 cm³/mol. The Hall–Kier alpha value is 0.0700. The van der Waals surface area contributed by atoms with Gasteiger partial charge in [0.05, 0.1) is 18.0 Å². The van der Waals surface area contributed by atoms with Crippen molar-refractivity contribution in [1.82, 2.24) is 0 Å². The van der Waals surface area contributed by atoms with E-state index in [0.717, 1.165) is 6.42 Å². The van der Waals surface area contributed by atoms with Crippen molar-refractivity contribution in [2.24, 2.45) is 5.92 Å². The summed E-state index contributed by atoms with van der Waals surface area (Å²) in [5.41, 5.74) is 0. The summed E-state index contributed by atoms with van der Waals surface area (Å²) in [5.74, 6) is 0.630. The van der Waals surface area contributed by atoms with Gasteiger partial charge in [-0.15, -0.1) is 0 Å². The molecule has 0 aliphatic carbocycles. The number of hydrogen-bond acceptors (Lipinski definition) is 3. The van der Waals surface area contributed by atoms with E-state index in [9.17, 15) is 8.76 Å². The SMILES string of the molecule is CCCCCCCC(CCC)CCOS(=O)[O-]. The zero-order chi connectivity index (χ0) is 12.9. The Kier molecular flexibility index (Phi) is 12.6. The fourth-order valence-corrected chi connectivity index (χ4v) is 2.39. The van der Waals surface area contributed by atoms with Gasteiger partial charge in [-0.05, 0) is 12.3 Å². The quantitative estimate of drug-likeness (QED) is 0.395. The molecular formula is C13H27O3S-. The highest BCUT2D eigenvalue weighted by atomic mass is 32.2. The van der Waals surface area contributed by atoms with Crippen LogP contribution in [0.5, 0.6) is 0 Å².